The number of aromatic nitrogens is 1. The van der Waals surface area contributed by atoms with Gasteiger partial charge in [0.05, 0.1) is 17.1 Å². The maximum atomic E-state index is 12.4. The van der Waals surface area contributed by atoms with Crippen LogP contribution in [0, 0.1) is 0 Å². The van der Waals surface area contributed by atoms with Gasteiger partial charge < -0.3 is 5.73 Å². The number of halogens is 4. The SMILES string of the molecule is NC(CCl)=Nc1ccc(Sc2ccc(C(F)(F)F)cn2)cc1. The third-order valence-electron chi connectivity index (χ3n) is 2.53. The van der Waals surface area contributed by atoms with Gasteiger partial charge in [0.25, 0.3) is 0 Å². The van der Waals surface area contributed by atoms with Crippen molar-refractivity contribution in [1.29, 1.82) is 0 Å². The number of benzene rings is 1. The maximum Gasteiger partial charge on any atom is 0.417 e. The summed E-state index contributed by atoms with van der Waals surface area (Å²) in [5, 5.41) is 0.476. The van der Waals surface area contributed by atoms with Crippen molar-refractivity contribution in [3.63, 3.8) is 0 Å². The quantitative estimate of drug-likeness (QED) is 0.505. The van der Waals surface area contributed by atoms with Crippen molar-refractivity contribution in [2.45, 2.75) is 16.1 Å². The lowest BCUT2D eigenvalue weighted by molar-refractivity contribution is -0.137. The lowest BCUT2D eigenvalue weighted by atomic mass is 10.3. The minimum absolute atomic E-state index is 0.145. The highest BCUT2D eigenvalue weighted by Gasteiger charge is 2.30. The van der Waals surface area contributed by atoms with E-state index >= 15 is 0 Å². The van der Waals surface area contributed by atoms with E-state index in [1.54, 1.807) is 24.3 Å². The van der Waals surface area contributed by atoms with Crippen LogP contribution in [-0.2, 0) is 6.18 Å². The molecule has 0 saturated carbocycles. The zero-order chi connectivity index (χ0) is 16.2. The molecule has 0 fully saturated rings. The Labute approximate surface area is 134 Å². The van der Waals surface area contributed by atoms with E-state index < -0.39 is 11.7 Å². The number of hydrogen-bond donors (Lipinski definition) is 1. The standard InChI is InChI=1S/C14H11ClF3N3S/c15-7-12(19)21-10-2-4-11(5-3-10)22-13-6-1-9(8-20-13)14(16,17)18/h1-6,8H,7H2,(H2,19,21). The largest absolute Gasteiger partial charge is 0.417 e. The zero-order valence-electron chi connectivity index (χ0n) is 11.1. The van der Waals surface area contributed by atoms with Crippen LogP contribution in [0.5, 0.6) is 0 Å². The Morgan fingerprint density at radius 2 is 1.86 bits per heavy atom. The molecule has 0 saturated heterocycles. The molecule has 0 radical (unpaired) electrons. The van der Waals surface area contributed by atoms with Gasteiger partial charge in [0, 0.05) is 11.1 Å². The number of alkyl halides is 4. The molecular formula is C14H11ClF3N3S. The topological polar surface area (TPSA) is 51.3 Å². The smallest absolute Gasteiger partial charge is 0.386 e. The van der Waals surface area contributed by atoms with Gasteiger partial charge in [-0.2, -0.15) is 13.2 Å². The molecule has 3 nitrogen and oxygen atoms in total. The van der Waals surface area contributed by atoms with Gasteiger partial charge in [0.15, 0.2) is 0 Å². The van der Waals surface area contributed by atoms with Gasteiger partial charge in [-0.3, -0.25) is 0 Å². The maximum absolute atomic E-state index is 12.4. The summed E-state index contributed by atoms with van der Waals surface area (Å²) in [4.78, 5) is 8.71. The van der Waals surface area contributed by atoms with Crippen molar-refractivity contribution in [3.8, 4) is 0 Å². The van der Waals surface area contributed by atoms with E-state index in [0.29, 0.717) is 16.5 Å². The molecule has 2 N–H and O–H groups in total. The average Bonchev–Trinajstić information content (AvgIpc) is 2.49. The van der Waals surface area contributed by atoms with Gasteiger partial charge in [-0.25, -0.2) is 9.98 Å². The fourth-order valence-corrected chi connectivity index (χ4v) is 2.33. The van der Waals surface area contributed by atoms with Crippen LogP contribution in [0.4, 0.5) is 18.9 Å². The van der Waals surface area contributed by atoms with E-state index in [9.17, 15) is 13.2 Å². The van der Waals surface area contributed by atoms with Crippen molar-refractivity contribution >= 4 is 34.9 Å². The van der Waals surface area contributed by atoms with Gasteiger partial charge in [-0.05, 0) is 36.4 Å². The van der Waals surface area contributed by atoms with E-state index in [1.165, 1.54) is 17.8 Å². The predicted octanol–water partition coefficient (Wildman–Crippen LogP) is 4.48. The van der Waals surface area contributed by atoms with Crippen LogP contribution in [0.2, 0.25) is 0 Å². The number of rotatable bonds is 4. The van der Waals surface area contributed by atoms with E-state index in [0.717, 1.165) is 17.2 Å². The molecule has 0 aliphatic carbocycles. The van der Waals surface area contributed by atoms with Crippen molar-refractivity contribution in [2.75, 3.05) is 5.88 Å². The van der Waals surface area contributed by atoms with Crippen LogP contribution in [-0.4, -0.2) is 16.7 Å². The molecule has 0 aliphatic heterocycles. The Morgan fingerprint density at radius 1 is 1.18 bits per heavy atom. The van der Waals surface area contributed by atoms with Crippen molar-refractivity contribution in [3.05, 3.63) is 48.2 Å². The summed E-state index contributed by atoms with van der Waals surface area (Å²) in [7, 11) is 0. The summed E-state index contributed by atoms with van der Waals surface area (Å²) >= 11 is 6.79. The monoisotopic (exact) mass is 345 g/mol. The minimum Gasteiger partial charge on any atom is -0.386 e. The number of amidine groups is 1. The van der Waals surface area contributed by atoms with Gasteiger partial charge in [-0.1, -0.05) is 11.8 Å². The van der Waals surface area contributed by atoms with Crippen molar-refractivity contribution in [1.82, 2.24) is 4.98 Å². The number of nitrogens with two attached hydrogens (primary N) is 1. The van der Waals surface area contributed by atoms with Gasteiger partial charge in [0.1, 0.15) is 10.9 Å². The van der Waals surface area contributed by atoms with Crippen molar-refractivity contribution in [2.24, 2.45) is 10.7 Å². The van der Waals surface area contributed by atoms with Gasteiger partial charge >= 0.3 is 6.18 Å². The number of hydrogen-bond acceptors (Lipinski definition) is 3. The van der Waals surface area contributed by atoms with Crippen LogP contribution >= 0.6 is 23.4 Å². The lowest BCUT2D eigenvalue weighted by Gasteiger charge is -2.06. The molecule has 1 heterocycles. The second-order valence-electron chi connectivity index (χ2n) is 4.22. The van der Waals surface area contributed by atoms with Crippen LogP contribution in [0.3, 0.4) is 0 Å². The van der Waals surface area contributed by atoms with Crippen molar-refractivity contribution < 1.29 is 13.2 Å². The molecule has 8 heteroatoms. The Kier molecular flexibility index (Phi) is 5.31. The normalized spacial score (nSPS) is 12.5. The molecule has 1 aromatic carbocycles. The van der Waals surface area contributed by atoms with E-state index in [2.05, 4.69) is 9.98 Å². The number of nitrogens with zero attached hydrogens (tertiary/aromatic N) is 2. The summed E-state index contributed by atoms with van der Waals surface area (Å²) in [6.07, 6.45) is -3.56. The van der Waals surface area contributed by atoms with E-state index in [4.69, 9.17) is 17.3 Å². The van der Waals surface area contributed by atoms with Gasteiger partial charge in [0.2, 0.25) is 0 Å². The molecular weight excluding hydrogens is 335 g/mol. The molecule has 0 aliphatic rings. The summed E-state index contributed by atoms with van der Waals surface area (Å²) in [5.41, 5.74) is 5.42. The molecule has 2 aromatic rings. The Balaban J connectivity index is 2.08. The highest BCUT2D eigenvalue weighted by atomic mass is 35.5. The molecule has 1 aromatic heterocycles. The summed E-state index contributed by atoms with van der Waals surface area (Å²) < 4.78 is 37.3. The highest BCUT2D eigenvalue weighted by molar-refractivity contribution is 7.99. The van der Waals surface area contributed by atoms with Crippen LogP contribution in [0.25, 0.3) is 0 Å². The fourth-order valence-electron chi connectivity index (χ4n) is 1.51. The predicted molar refractivity (Wildman–Crippen MR) is 81.8 cm³/mol. The Bertz CT molecular complexity index is 655. The van der Waals surface area contributed by atoms with Gasteiger partial charge in [-0.15, -0.1) is 11.6 Å². The first kappa shape index (κ1) is 16.6. The van der Waals surface area contributed by atoms with Crippen LogP contribution in [0.1, 0.15) is 5.56 Å². The molecule has 0 bridgehead atoms. The number of aliphatic imine (C=N–C) groups is 1. The summed E-state index contributed by atoms with van der Waals surface area (Å²) in [6, 6.07) is 9.40. The first-order valence-corrected chi connectivity index (χ1v) is 7.44. The fraction of sp³-hybridized carbons (Fsp3) is 0.143. The highest BCUT2D eigenvalue weighted by Crippen LogP contribution is 2.32. The Hall–Kier alpha value is -1.73. The van der Waals surface area contributed by atoms with E-state index in [1.807, 2.05) is 0 Å². The molecule has 116 valence electrons. The number of pyridine rings is 1. The zero-order valence-corrected chi connectivity index (χ0v) is 12.7. The molecule has 0 amide bonds. The third kappa shape index (κ3) is 4.64. The Morgan fingerprint density at radius 3 is 2.36 bits per heavy atom. The minimum atomic E-state index is -4.38. The second kappa shape index (κ2) is 7.02. The van der Waals surface area contributed by atoms with E-state index in [-0.39, 0.29) is 5.88 Å². The molecule has 0 unspecified atom stereocenters. The first-order valence-electron chi connectivity index (χ1n) is 6.08. The van der Waals surface area contributed by atoms with Crippen LogP contribution in [0.15, 0.2) is 57.5 Å². The summed E-state index contributed by atoms with van der Waals surface area (Å²) in [6.45, 7) is 0. The molecule has 22 heavy (non-hydrogen) atoms. The average molecular weight is 346 g/mol. The molecule has 0 spiro atoms. The third-order valence-corrected chi connectivity index (χ3v) is 3.76. The lowest BCUT2D eigenvalue weighted by Crippen LogP contribution is -2.12. The molecule has 0 atom stereocenters. The second-order valence-corrected chi connectivity index (χ2v) is 5.58. The summed E-state index contributed by atoms with van der Waals surface area (Å²) in [5.74, 6) is 0.456. The molecule has 2 rings (SSSR count). The van der Waals surface area contributed by atoms with Crippen LogP contribution < -0.4 is 5.73 Å². The first-order chi connectivity index (χ1) is 10.4.